The molecule has 1 saturated heterocycles. The summed E-state index contributed by atoms with van der Waals surface area (Å²) in [6.07, 6.45) is 4.80. The number of hydrogen-bond donors (Lipinski definition) is 2. The van der Waals surface area contributed by atoms with Gasteiger partial charge in [0.1, 0.15) is 5.75 Å². The first-order valence-electron chi connectivity index (χ1n) is 6.52. The van der Waals surface area contributed by atoms with Gasteiger partial charge in [-0.25, -0.2) is 0 Å². The van der Waals surface area contributed by atoms with Crippen molar-refractivity contribution in [2.45, 2.75) is 31.7 Å². The van der Waals surface area contributed by atoms with Crippen molar-refractivity contribution < 1.29 is 9.53 Å². The van der Waals surface area contributed by atoms with Crippen LogP contribution >= 0.6 is 0 Å². The van der Waals surface area contributed by atoms with Gasteiger partial charge in [-0.1, -0.05) is 12.5 Å². The number of carbonyl (C=O) groups is 1. The fourth-order valence-corrected chi connectivity index (χ4v) is 2.23. The van der Waals surface area contributed by atoms with Crippen molar-refractivity contribution in [1.82, 2.24) is 5.32 Å². The van der Waals surface area contributed by atoms with Gasteiger partial charge in [-0.15, -0.1) is 0 Å². The molecule has 1 unspecified atom stereocenters. The number of carbonyl (C=O) groups excluding carboxylic acids is 1. The molecule has 1 aromatic rings. The van der Waals surface area contributed by atoms with Gasteiger partial charge in [0.25, 0.3) is 0 Å². The summed E-state index contributed by atoms with van der Waals surface area (Å²) in [5, 5.41) is 3.48. The average molecular weight is 248 g/mol. The lowest BCUT2D eigenvalue weighted by molar-refractivity contribution is 0.1000. The van der Waals surface area contributed by atoms with Gasteiger partial charge < -0.3 is 15.8 Å². The molecule has 0 bridgehead atoms. The van der Waals surface area contributed by atoms with E-state index >= 15 is 0 Å². The lowest BCUT2D eigenvalue weighted by atomic mass is 10.0. The van der Waals surface area contributed by atoms with Gasteiger partial charge in [0.2, 0.25) is 5.91 Å². The predicted molar refractivity (Wildman–Crippen MR) is 70.7 cm³/mol. The van der Waals surface area contributed by atoms with E-state index in [0.717, 1.165) is 13.0 Å². The Labute approximate surface area is 108 Å². The van der Waals surface area contributed by atoms with Gasteiger partial charge in [0.15, 0.2) is 0 Å². The molecule has 0 aliphatic carbocycles. The first-order valence-corrected chi connectivity index (χ1v) is 6.52. The molecule has 0 radical (unpaired) electrons. The lowest BCUT2D eigenvalue weighted by Gasteiger charge is -2.23. The second-order valence-electron chi connectivity index (χ2n) is 4.68. The van der Waals surface area contributed by atoms with Crippen molar-refractivity contribution in [3.8, 4) is 5.75 Å². The summed E-state index contributed by atoms with van der Waals surface area (Å²) in [6, 6.07) is 7.59. The minimum Gasteiger partial charge on any atom is -0.494 e. The predicted octanol–water partition coefficient (Wildman–Crippen LogP) is 1.70. The zero-order chi connectivity index (χ0) is 12.8. The van der Waals surface area contributed by atoms with E-state index in [1.807, 2.05) is 6.07 Å². The third kappa shape index (κ3) is 3.74. The van der Waals surface area contributed by atoms with Crippen LogP contribution in [0, 0.1) is 0 Å². The highest BCUT2D eigenvalue weighted by Gasteiger charge is 2.12. The van der Waals surface area contributed by atoms with Crippen molar-refractivity contribution in [2.75, 3.05) is 13.2 Å². The van der Waals surface area contributed by atoms with Gasteiger partial charge >= 0.3 is 0 Å². The molecule has 1 heterocycles. The molecule has 4 nitrogen and oxygen atoms in total. The van der Waals surface area contributed by atoms with Crippen LogP contribution in [0.2, 0.25) is 0 Å². The van der Waals surface area contributed by atoms with Crippen LogP contribution in [0.15, 0.2) is 24.3 Å². The fourth-order valence-electron chi connectivity index (χ4n) is 2.23. The average Bonchev–Trinajstić information content (AvgIpc) is 2.40. The van der Waals surface area contributed by atoms with E-state index < -0.39 is 5.91 Å². The van der Waals surface area contributed by atoms with E-state index in [0.29, 0.717) is 24.0 Å². The number of amides is 1. The van der Waals surface area contributed by atoms with Gasteiger partial charge in [-0.3, -0.25) is 4.79 Å². The number of benzene rings is 1. The molecule has 1 fully saturated rings. The van der Waals surface area contributed by atoms with E-state index in [1.54, 1.807) is 18.2 Å². The third-order valence-electron chi connectivity index (χ3n) is 3.27. The van der Waals surface area contributed by atoms with Crippen molar-refractivity contribution in [3.63, 3.8) is 0 Å². The Morgan fingerprint density at radius 2 is 2.33 bits per heavy atom. The topological polar surface area (TPSA) is 64.4 Å². The minimum absolute atomic E-state index is 0.422. The number of nitrogens with one attached hydrogen (secondary N) is 1. The standard InChI is InChI=1S/C14H20N2O2/c15-14(17)11-4-3-6-13(10-11)18-9-7-12-5-1-2-8-16-12/h3-4,6,10,12,16H,1-2,5,7-9H2,(H2,15,17). The molecule has 0 saturated carbocycles. The zero-order valence-corrected chi connectivity index (χ0v) is 10.5. The van der Waals surface area contributed by atoms with Crippen LogP contribution in [0.3, 0.4) is 0 Å². The van der Waals surface area contributed by atoms with Crippen LogP contribution in [0.1, 0.15) is 36.0 Å². The smallest absolute Gasteiger partial charge is 0.248 e. The summed E-state index contributed by atoms with van der Waals surface area (Å²) in [6.45, 7) is 1.78. The summed E-state index contributed by atoms with van der Waals surface area (Å²) in [7, 11) is 0. The molecule has 1 aliphatic rings. The van der Waals surface area contributed by atoms with E-state index in [-0.39, 0.29) is 0 Å². The first-order chi connectivity index (χ1) is 8.75. The molecular weight excluding hydrogens is 228 g/mol. The number of ether oxygens (including phenoxy) is 1. The van der Waals surface area contributed by atoms with Crippen molar-refractivity contribution in [1.29, 1.82) is 0 Å². The molecule has 18 heavy (non-hydrogen) atoms. The fraction of sp³-hybridized carbons (Fsp3) is 0.500. The molecule has 4 heteroatoms. The highest BCUT2D eigenvalue weighted by Crippen LogP contribution is 2.15. The van der Waals surface area contributed by atoms with Crippen molar-refractivity contribution >= 4 is 5.91 Å². The molecule has 1 aliphatic heterocycles. The van der Waals surface area contributed by atoms with Crippen LogP contribution in [0.25, 0.3) is 0 Å². The highest BCUT2D eigenvalue weighted by molar-refractivity contribution is 5.93. The van der Waals surface area contributed by atoms with E-state index in [2.05, 4.69) is 5.32 Å². The van der Waals surface area contributed by atoms with Crippen molar-refractivity contribution in [3.05, 3.63) is 29.8 Å². The summed E-state index contributed by atoms with van der Waals surface area (Å²) < 4.78 is 5.65. The highest BCUT2D eigenvalue weighted by atomic mass is 16.5. The van der Waals surface area contributed by atoms with Crippen LogP contribution in [-0.2, 0) is 0 Å². The molecule has 0 spiro atoms. The van der Waals surface area contributed by atoms with E-state index in [9.17, 15) is 4.79 Å². The molecule has 1 aromatic carbocycles. The Hall–Kier alpha value is -1.55. The maximum Gasteiger partial charge on any atom is 0.248 e. The molecule has 1 atom stereocenters. The van der Waals surface area contributed by atoms with Crippen LogP contribution < -0.4 is 15.8 Å². The Morgan fingerprint density at radius 1 is 1.44 bits per heavy atom. The maximum absolute atomic E-state index is 11.0. The summed E-state index contributed by atoms with van der Waals surface area (Å²) in [4.78, 5) is 11.0. The molecule has 98 valence electrons. The van der Waals surface area contributed by atoms with Crippen LogP contribution in [-0.4, -0.2) is 25.1 Å². The molecule has 1 amide bonds. The molecule has 0 aromatic heterocycles. The lowest BCUT2D eigenvalue weighted by Crippen LogP contribution is -2.35. The van der Waals surface area contributed by atoms with Gasteiger partial charge in [0.05, 0.1) is 6.61 Å². The number of primary amides is 1. The third-order valence-corrected chi connectivity index (χ3v) is 3.27. The quantitative estimate of drug-likeness (QED) is 0.833. The largest absolute Gasteiger partial charge is 0.494 e. The molecular formula is C14H20N2O2. The monoisotopic (exact) mass is 248 g/mol. The molecule has 2 rings (SSSR count). The Balaban J connectivity index is 1.78. The summed E-state index contributed by atoms with van der Waals surface area (Å²) in [5.74, 6) is 0.288. The normalized spacial score (nSPS) is 19.4. The molecule has 3 N–H and O–H groups in total. The summed E-state index contributed by atoms with van der Waals surface area (Å²) in [5.41, 5.74) is 5.71. The Kier molecular flexibility index (Phi) is 4.59. The number of piperidine rings is 1. The Morgan fingerprint density at radius 3 is 3.06 bits per heavy atom. The Bertz CT molecular complexity index is 401. The second-order valence-corrected chi connectivity index (χ2v) is 4.68. The van der Waals surface area contributed by atoms with Gasteiger partial charge in [-0.05, 0) is 44.0 Å². The summed E-state index contributed by atoms with van der Waals surface area (Å²) >= 11 is 0. The number of rotatable bonds is 5. The van der Waals surface area contributed by atoms with Crippen LogP contribution in [0.4, 0.5) is 0 Å². The number of nitrogens with two attached hydrogens (primary N) is 1. The van der Waals surface area contributed by atoms with Crippen LogP contribution in [0.5, 0.6) is 5.75 Å². The first kappa shape index (κ1) is 12.9. The van der Waals surface area contributed by atoms with Gasteiger partial charge in [-0.2, -0.15) is 0 Å². The SMILES string of the molecule is NC(=O)c1cccc(OCCC2CCCCN2)c1. The number of hydrogen-bond acceptors (Lipinski definition) is 3. The van der Waals surface area contributed by atoms with Crippen molar-refractivity contribution in [2.24, 2.45) is 5.73 Å². The van der Waals surface area contributed by atoms with E-state index in [4.69, 9.17) is 10.5 Å². The van der Waals surface area contributed by atoms with Gasteiger partial charge in [0, 0.05) is 11.6 Å². The van der Waals surface area contributed by atoms with E-state index in [1.165, 1.54) is 19.3 Å². The maximum atomic E-state index is 11.0. The zero-order valence-electron chi connectivity index (χ0n) is 10.5. The second kappa shape index (κ2) is 6.40. The minimum atomic E-state index is -0.422.